The van der Waals surface area contributed by atoms with E-state index in [2.05, 4.69) is 29.3 Å². The SMILES string of the molecule is CCc1cc(C(CO)N2CCNCC2)ccc1OC. The first kappa shape index (κ1) is 14.3. The summed E-state index contributed by atoms with van der Waals surface area (Å²) in [6.07, 6.45) is 0.941. The summed E-state index contributed by atoms with van der Waals surface area (Å²) >= 11 is 0. The molecule has 1 aromatic rings. The maximum Gasteiger partial charge on any atom is 0.122 e. The van der Waals surface area contributed by atoms with E-state index in [-0.39, 0.29) is 12.6 Å². The van der Waals surface area contributed by atoms with E-state index in [1.165, 1.54) is 11.1 Å². The molecule has 1 saturated heterocycles. The van der Waals surface area contributed by atoms with Gasteiger partial charge in [0.1, 0.15) is 5.75 Å². The molecule has 1 unspecified atom stereocenters. The van der Waals surface area contributed by atoms with Crippen LogP contribution >= 0.6 is 0 Å². The Hall–Kier alpha value is -1.10. The maximum absolute atomic E-state index is 9.73. The van der Waals surface area contributed by atoms with E-state index in [9.17, 15) is 5.11 Å². The van der Waals surface area contributed by atoms with Gasteiger partial charge in [0.25, 0.3) is 0 Å². The molecule has 0 aromatic heterocycles. The average molecular weight is 264 g/mol. The number of methoxy groups -OCH3 is 1. The summed E-state index contributed by atoms with van der Waals surface area (Å²) in [6.45, 7) is 6.24. The molecule has 19 heavy (non-hydrogen) atoms. The second-order valence-electron chi connectivity index (χ2n) is 4.91. The Kier molecular flexibility index (Phi) is 5.19. The topological polar surface area (TPSA) is 44.7 Å². The number of aliphatic hydroxyl groups is 1. The highest BCUT2D eigenvalue weighted by atomic mass is 16.5. The molecule has 2 N–H and O–H groups in total. The number of rotatable bonds is 5. The highest BCUT2D eigenvalue weighted by molar-refractivity contribution is 5.38. The Morgan fingerprint density at radius 3 is 2.68 bits per heavy atom. The van der Waals surface area contributed by atoms with Gasteiger partial charge in [0.05, 0.1) is 19.8 Å². The smallest absolute Gasteiger partial charge is 0.122 e. The lowest BCUT2D eigenvalue weighted by atomic mass is 10.0. The van der Waals surface area contributed by atoms with Gasteiger partial charge in [-0.15, -0.1) is 0 Å². The van der Waals surface area contributed by atoms with Crippen molar-refractivity contribution in [2.45, 2.75) is 19.4 Å². The number of nitrogens with zero attached hydrogens (tertiary/aromatic N) is 1. The molecule has 1 atom stereocenters. The quantitative estimate of drug-likeness (QED) is 0.839. The molecular weight excluding hydrogens is 240 g/mol. The molecule has 0 bridgehead atoms. The minimum absolute atomic E-state index is 0.0957. The molecule has 0 aliphatic carbocycles. The van der Waals surface area contributed by atoms with E-state index in [4.69, 9.17) is 4.74 Å². The van der Waals surface area contributed by atoms with E-state index in [1.807, 2.05) is 6.07 Å². The van der Waals surface area contributed by atoms with Crippen molar-refractivity contribution in [2.75, 3.05) is 39.9 Å². The van der Waals surface area contributed by atoms with Crippen LogP contribution in [0.2, 0.25) is 0 Å². The molecule has 4 nitrogen and oxygen atoms in total. The standard InChI is InChI=1S/C15H24N2O2/c1-3-12-10-13(4-5-15(12)19-2)14(11-18)17-8-6-16-7-9-17/h4-5,10,14,16,18H,3,6-9,11H2,1-2H3. The van der Waals surface area contributed by atoms with E-state index >= 15 is 0 Å². The number of hydrogen-bond acceptors (Lipinski definition) is 4. The van der Waals surface area contributed by atoms with Crippen LogP contribution in [-0.4, -0.2) is 49.9 Å². The first-order valence-electron chi connectivity index (χ1n) is 7.02. The molecule has 106 valence electrons. The van der Waals surface area contributed by atoms with E-state index < -0.39 is 0 Å². The normalized spacial score (nSPS) is 18.3. The summed E-state index contributed by atoms with van der Waals surface area (Å²) in [5.74, 6) is 0.934. The molecule has 1 aliphatic rings. The van der Waals surface area contributed by atoms with E-state index in [1.54, 1.807) is 7.11 Å². The van der Waals surface area contributed by atoms with Crippen LogP contribution in [0.5, 0.6) is 5.75 Å². The number of nitrogens with one attached hydrogen (secondary N) is 1. The summed E-state index contributed by atoms with van der Waals surface area (Å²) in [4.78, 5) is 2.34. The van der Waals surface area contributed by atoms with Gasteiger partial charge in [0.2, 0.25) is 0 Å². The zero-order valence-electron chi connectivity index (χ0n) is 11.9. The van der Waals surface area contributed by atoms with Gasteiger partial charge >= 0.3 is 0 Å². The molecule has 1 fully saturated rings. The van der Waals surface area contributed by atoms with Gasteiger partial charge in [-0.25, -0.2) is 0 Å². The number of piperazine rings is 1. The van der Waals surface area contributed by atoms with Crippen molar-refractivity contribution in [1.29, 1.82) is 0 Å². The highest BCUT2D eigenvalue weighted by Gasteiger charge is 2.22. The third-order valence-corrected chi connectivity index (χ3v) is 3.84. The lowest BCUT2D eigenvalue weighted by Gasteiger charge is -2.34. The zero-order chi connectivity index (χ0) is 13.7. The van der Waals surface area contributed by atoms with Crippen LogP contribution in [0.3, 0.4) is 0 Å². The first-order valence-corrected chi connectivity index (χ1v) is 7.02. The fourth-order valence-corrected chi connectivity index (χ4v) is 2.71. The predicted octanol–water partition coefficient (Wildman–Crippen LogP) is 1.20. The average Bonchev–Trinajstić information content (AvgIpc) is 2.49. The van der Waals surface area contributed by atoms with Crippen LogP contribution in [0.4, 0.5) is 0 Å². The zero-order valence-corrected chi connectivity index (χ0v) is 11.9. The summed E-state index contributed by atoms with van der Waals surface area (Å²) in [5, 5.41) is 13.1. The minimum Gasteiger partial charge on any atom is -0.496 e. The maximum atomic E-state index is 9.73. The lowest BCUT2D eigenvalue weighted by molar-refractivity contribution is 0.111. The van der Waals surface area contributed by atoms with Crippen molar-refractivity contribution >= 4 is 0 Å². The molecule has 1 aliphatic heterocycles. The summed E-state index contributed by atoms with van der Waals surface area (Å²) < 4.78 is 5.36. The van der Waals surface area contributed by atoms with Gasteiger partial charge in [-0.3, -0.25) is 4.90 Å². The summed E-state index contributed by atoms with van der Waals surface area (Å²) in [5.41, 5.74) is 2.38. The van der Waals surface area contributed by atoms with Crippen molar-refractivity contribution in [1.82, 2.24) is 10.2 Å². The second-order valence-corrected chi connectivity index (χ2v) is 4.91. The molecular formula is C15H24N2O2. The van der Waals surface area contributed by atoms with Gasteiger partial charge < -0.3 is 15.2 Å². The Morgan fingerprint density at radius 1 is 1.37 bits per heavy atom. The van der Waals surface area contributed by atoms with Gasteiger partial charge in [-0.2, -0.15) is 0 Å². The Labute approximate surface area is 115 Å². The largest absolute Gasteiger partial charge is 0.496 e. The van der Waals surface area contributed by atoms with Gasteiger partial charge in [0.15, 0.2) is 0 Å². The van der Waals surface area contributed by atoms with Crippen LogP contribution in [-0.2, 0) is 6.42 Å². The van der Waals surface area contributed by atoms with Crippen molar-refractivity contribution in [3.63, 3.8) is 0 Å². The third kappa shape index (κ3) is 3.26. The Morgan fingerprint density at radius 2 is 2.11 bits per heavy atom. The van der Waals surface area contributed by atoms with Gasteiger partial charge in [0, 0.05) is 26.2 Å². The van der Waals surface area contributed by atoms with Gasteiger partial charge in [-0.05, 0) is 23.6 Å². The predicted molar refractivity (Wildman–Crippen MR) is 76.6 cm³/mol. The third-order valence-electron chi connectivity index (χ3n) is 3.84. The molecule has 4 heteroatoms. The van der Waals surface area contributed by atoms with E-state index in [0.29, 0.717) is 0 Å². The lowest BCUT2D eigenvalue weighted by Crippen LogP contribution is -2.46. The van der Waals surface area contributed by atoms with Crippen LogP contribution in [0.15, 0.2) is 18.2 Å². The van der Waals surface area contributed by atoms with Crippen LogP contribution in [0.25, 0.3) is 0 Å². The number of hydrogen-bond donors (Lipinski definition) is 2. The Balaban J connectivity index is 2.22. The summed E-state index contributed by atoms with van der Waals surface area (Å²) in [6, 6.07) is 6.35. The highest BCUT2D eigenvalue weighted by Crippen LogP contribution is 2.27. The number of aliphatic hydroxyl groups excluding tert-OH is 1. The number of aryl methyl sites for hydroxylation is 1. The second kappa shape index (κ2) is 6.89. The van der Waals surface area contributed by atoms with Gasteiger partial charge in [-0.1, -0.05) is 19.1 Å². The van der Waals surface area contributed by atoms with Crippen LogP contribution in [0, 0.1) is 0 Å². The molecule has 1 aromatic carbocycles. The number of ether oxygens (including phenoxy) is 1. The van der Waals surface area contributed by atoms with Crippen molar-refractivity contribution in [3.8, 4) is 5.75 Å². The fraction of sp³-hybridized carbons (Fsp3) is 0.600. The molecule has 0 spiro atoms. The monoisotopic (exact) mass is 264 g/mol. The van der Waals surface area contributed by atoms with Crippen LogP contribution < -0.4 is 10.1 Å². The minimum atomic E-state index is 0.0957. The Bertz CT molecular complexity index is 403. The molecule has 0 amide bonds. The van der Waals surface area contributed by atoms with Crippen molar-refractivity contribution < 1.29 is 9.84 Å². The van der Waals surface area contributed by atoms with E-state index in [0.717, 1.165) is 38.3 Å². The first-order chi connectivity index (χ1) is 9.30. The number of benzene rings is 1. The fourth-order valence-electron chi connectivity index (χ4n) is 2.71. The van der Waals surface area contributed by atoms with Crippen molar-refractivity contribution in [3.05, 3.63) is 29.3 Å². The van der Waals surface area contributed by atoms with Crippen LogP contribution in [0.1, 0.15) is 24.1 Å². The molecule has 1 heterocycles. The molecule has 0 saturated carbocycles. The molecule has 2 rings (SSSR count). The summed E-state index contributed by atoms with van der Waals surface area (Å²) in [7, 11) is 1.70. The van der Waals surface area contributed by atoms with Crippen molar-refractivity contribution in [2.24, 2.45) is 0 Å². The molecule has 0 radical (unpaired) electrons.